The summed E-state index contributed by atoms with van der Waals surface area (Å²) in [5.74, 6) is -0.955. The van der Waals surface area contributed by atoms with Gasteiger partial charge in [0.05, 0.1) is 30.9 Å². The van der Waals surface area contributed by atoms with E-state index in [4.69, 9.17) is 14.6 Å². The molecule has 21 heteroatoms. The molecule has 0 fully saturated rings. The average Bonchev–Trinajstić information content (AvgIpc) is 3.84. The minimum Gasteiger partial charge on any atom is -0.478 e. The van der Waals surface area contributed by atoms with Crippen molar-refractivity contribution in [1.82, 2.24) is 9.97 Å². The first-order valence-corrected chi connectivity index (χ1v) is 16.7. The van der Waals surface area contributed by atoms with Gasteiger partial charge in [-0.25, -0.2) is 14.8 Å². The number of methoxy groups -OCH3 is 2. The van der Waals surface area contributed by atoms with Gasteiger partial charge in [-0.15, -0.1) is 43.1 Å². The van der Waals surface area contributed by atoms with Crippen LogP contribution in [0.4, 0.5) is 5.69 Å². The molecule has 2 aliphatic heterocycles. The Labute approximate surface area is 276 Å². The number of aromatic carboxylic acids is 1. The maximum atomic E-state index is 11.0. The highest BCUT2D eigenvalue weighted by molar-refractivity contribution is 8.02. The molecule has 46 heavy (non-hydrogen) atoms. The number of hydrogen-bond donors (Lipinski definition) is 1. The molecule has 17 nitrogen and oxygen atoms in total. The standard InChI is InChI=1S/C13H13N5O3S2.C12H12N6O3S2/c1-21-6-2-5-13(15-17-18-16-13)23-12-14-9-4-3-8(11(19)20)7-10(9)22-12;1-21-6-2-5-12(14-16-17-15-12)23-11-13-9-4-3-8(18(19)20)7-10(9)22-11/h3-4,7H,2,5-6H2,1H3,(H,19,20);3-4,7H,2,5-6H2,1H3. The van der Waals surface area contributed by atoms with E-state index in [0.29, 0.717) is 31.6 Å². The van der Waals surface area contributed by atoms with E-state index in [9.17, 15) is 14.9 Å². The predicted molar refractivity (Wildman–Crippen MR) is 172 cm³/mol. The maximum Gasteiger partial charge on any atom is 0.335 e. The lowest BCUT2D eigenvalue weighted by molar-refractivity contribution is -0.384. The molecule has 2 aromatic heterocycles. The minimum absolute atomic E-state index is 0.0488. The van der Waals surface area contributed by atoms with Crippen molar-refractivity contribution in [2.45, 2.75) is 44.4 Å². The lowest BCUT2D eigenvalue weighted by atomic mass is 10.2. The first kappa shape index (κ1) is 33.5. The first-order chi connectivity index (χ1) is 22.2. The van der Waals surface area contributed by atoms with Gasteiger partial charge in [0.25, 0.3) is 5.69 Å². The third-order valence-electron chi connectivity index (χ3n) is 6.27. The fraction of sp³-hybridized carbons (Fsp3) is 0.400. The number of thioether (sulfide) groups is 2. The Morgan fingerprint density at radius 3 is 1.76 bits per heavy atom. The summed E-state index contributed by atoms with van der Waals surface area (Å²) in [4.78, 5) is 28.8. The molecule has 0 atom stereocenters. The highest BCUT2D eigenvalue weighted by Crippen LogP contribution is 2.46. The van der Waals surface area contributed by atoms with Crippen LogP contribution >= 0.6 is 46.2 Å². The topological polar surface area (TPSA) is 224 Å². The number of ether oxygens (including phenoxy) is 2. The molecule has 2 aromatic carbocycles. The largest absolute Gasteiger partial charge is 0.478 e. The number of benzene rings is 2. The van der Waals surface area contributed by atoms with Crippen molar-refractivity contribution in [3.05, 3.63) is 52.1 Å². The number of carbonyl (C=O) groups is 1. The summed E-state index contributed by atoms with van der Waals surface area (Å²) in [5.41, 5.74) is 1.75. The number of hydrogen-bond acceptors (Lipinski definition) is 19. The number of thiazole rings is 2. The minimum atomic E-state index is -0.955. The third kappa shape index (κ3) is 8.27. The van der Waals surface area contributed by atoms with E-state index in [1.54, 1.807) is 38.5 Å². The van der Waals surface area contributed by atoms with Crippen LogP contribution < -0.4 is 0 Å². The second-order valence-electron chi connectivity index (χ2n) is 9.50. The Morgan fingerprint density at radius 1 is 0.826 bits per heavy atom. The smallest absolute Gasteiger partial charge is 0.335 e. The Hall–Kier alpha value is -3.89. The summed E-state index contributed by atoms with van der Waals surface area (Å²) in [6.07, 6.45) is 2.79. The van der Waals surface area contributed by atoms with E-state index >= 15 is 0 Å². The van der Waals surface area contributed by atoms with Crippen LogP contribution in [0.15, 0.2) is 86.4 Å². The van der Waals surface area contributed by atoms with E-state index in [2.05, 4.69) is 51.3 Å². The van der Waals surface area contributed by atoms with Crippen molar-refractivity contribution >= 4 is 78.3 Å². The molecule has 6 rings (SSSR count). The quantitative estimate of drug-likeness (QED) is 0.0752. The average molecular weight is 704 g/mol. The Bertz CT molecular complexity index is 1690. The normalized spacial score (nSPS) is 15.5. The van der Waals surface area contributed by atoms with Crippen LogP contribution in [0.2, 0.25) is 0 Å². The molecular weight excluding hydrogens is 679 g/mol. The van der Waals surface area contributed by atoms with Crippen LogP contribution in [-0.2, 0) is 9.47 Å². The third-order valence-corrected chi connectivity index (χ3v) is 10.8. The van der Waals surface area contributed by atoms with E-state index in [1.165, 1.54) is 58.3 Å². The highest BCUT2D eigenvalue weighted by atomic mass is 32.2. The lowest BCUT2D eigenvalue weighted by Gasteiger charge is -2.16. The molecular formula is C25H25N11O6S4. The fourth-order valence-electron chi connectivity index (χ4n) is 4.09. The molecule has 4 heterocycles. The summed E-state index contributed by atoms with van der Waals surface area (Å²) in [7, 11) is 3.28. The molecule has 0 spiro atoms. The highest BCUT2D eigenvalue weighted by Gasteiger charge is 2.36. The number of carboxylic acids is 1. The van der Waals surface area contributed by atoms with Gasteiger partial charge in [-0.2, -0.15) is 0 Å². The van der Waals surface area contributed by atoms with Crippen LogP contribution in [0.3, 0.4) is 0 Å². The maximum absolute atomic E-state index is 11.0. The molecule has 0 saturated carbocycles. The van der Waals surface area contributed by atoms with Crippen LogP contribution in [-0.4, -0.2) is 63.4 Å². The number of fused-ring (bicyclic) bond motifs is 2. The zero-order chi connectivity index (χ0) is 32.6. The molecule has 1 N–H and O–H groups in total. The van der Waals surface area contributed by atoms with Crippen molar-refractivity contribution in [2.75, 3.05) is 27.4 Å². The Morgan fingerprint density at radius 2 is 1.30 bits per heavy atom. The summed E-state index contributed by atoms with van der Waals surface area (Å²) < 4.78 is 13.1. The van der Waals surface area contributed by atoms with E-state index in [0.717, 1.165) is 36.4 Å². The van der Waals surface area contributed by atoms with Gasteiger partial charge in [-0.3, -0.25) is 10.1 Å². The van der Waals surface area contributed by atoms with Crippen molar-refractivity contribution in [1.29, 1.82) is 0 Å². The summed E-state index contributed by atoms with van der Waals surface area (Å²) in [6.45, 7) is 1.20. The van der Waals surface area contributed by atoms with Gasteiger partial charge in [-0.1, -0.05) is 0 Å². The molecule has 240 valence electrons. The van der Waals surface area contributed by atoms with Gasteiger partial charge in [-0.05, 0) is 81.5 Å². The molecule has 0 unspecified atom stereocenters. The SMILES string of the molecule is COCCCC1(Sc2nc3ccc(C(=O)O)cc3s2)N=NN=N1.COCCCC1(Sc2nc3ccc([N+](=O)[O-])cc3s2)N=NN=N1. The van der Waals surface area contributed by atoms with Gasteiger partial charge >= 0.3 is 5.97 Å². The summed E-state index contributed by atoms with van der Waals surface area (Å²) in [5, 5.41) is 50.8. The Balaban J connectivity index is 0.000000181. The van der Waals surface area contributed by atoms with Crippen molar-refractivity contribution in [2.24, 2.45) is 41.4 Å². The van der Waals surface area contributed by atoms with Crippen LogP contribution in [0, 0.1) is 10.1 Å². The van der Waals surface area contributed by atoms with Crippen LogP contribution in [0.1, 0.15) is 36.0 Å². The molecule has 0 bridgehead atoms. The molecule has 0 saturated heterocycles. The second kappa shape index (κ2) is 15.1. The molecule has 0 aliphatic carbocycles. The van der Waals surface area contributed by atoms with Gasteiger partial charge in [0.15, 0.2) is 8.68 Å². The molecule has 2 aliphatic rings. The van der Waals surface area contributed by atoms with E-state index in [1.807, 2.05) is 0 Å². The van der Waals surface area contributed by atoms with Crippen molar-refractivity contribution < 1.29 is 24.3 Å². The predicted octanol–water partition coefficient (Wildman–Crippen LogP) is 8.21. The number of nitro benzene ring substituents is 1. The van der Waals surface area contributed by atoms with Crippen LogP contribution in [0.5, 0.6) is 0 Å². The number of carboxylic acid groups (broad SMARTS) is 1. The van der Waals surface area contributed by atoms with Gasteiger partial charge in [0, 0.05) is 52.4 Å². The molecule has 0 amide bonds. The number of nitro groups is 1. The number of non-ortho nitro benzene ring substituents is 1. The fourth-order valence-corrected chi connectivity index (χ4v) is 8.87. The van der Waals surface area contributed by atoms with E-state index in [-0.39, 0.29) is 11.3 Å². The second-order valence-corrected chi connectivity index (χ2v) is 14.6. The van der Waals surface area contributed by atoms with Crippen LogP contribution in [0.25, 0.3) is 20.4 Å². The zero-order valence-electron chi connectivity index (χ0n) is 24.2. The number of nitrogens with zero attached hydrogens (tertiary/aromatic N) is 11. The molecule has 0 radical (unpaired) electrons. The number of rotatable bonds is 14. The zero-order valence-corrected chi connectivity index (χ0v) is 27.5. The lowest BCUT2D eigenvalue weighted by Crippen LogP contribution is -2.16. The van der Waals surface area contributed by atoms with Crippen molar-refractivity contribution in [3.8, 4) is 0 Å². The van der Waals surface area contributed by atoms with Crippen molar-refractivity contribution in [3.63, 3.8) is 0 Å². The van der Waals surface area contributed by atoms with Gasteiger partial charge in [0.2, 0.25) is 9.99 Å². The number of aromatic nitrogens is 2. The van der Waals surface area contributed by atoms with E-state index < -0.39 is 20.9 Å². The summed E-state index contributed by atoms with van der Waals surface area (Å²) in [6, 6.07) is 9.47. The van der Waals surface area contributed by atoms with Gasteiger partial charge < -0.3 is 14.6 Å². The molecule has 4 aromatic rings. The van der Waals surface area contributed by atoms with Gasteiger partial charge in [0.1, 0.15) is 0 Å². The summed E-state index contributed by atoms with van der Waals surface area (Å²) >= 11 is 5.50. The Kier molecular flexibility index (Phi) is 11.0. The monoisotopic (exact) mass is 703 g/mol. The first-order valence-electron chi connectivity index (χ1n) is 13.5.